The average Bonchev–Trinajstić information content (AvgIpc) is 2.27. The molecule has 9 heteroatoms. The highest BCUT2D eigenvalue weighted by Gasteiger charge is 2.23. The summed E-state index contributed by atoms with van der Waals surface area (Å²) in [4.78, 5) is 19.0. The number of nitrogens with zero attached hydrogens (tertiary/aromatic N) is 1. The van der Waals surface area contributed by atoms with Crippen LogP contribution in [0, 0.1) is 10.1 Å². The fraction of sp³-hybridized carbons (Fsp3) is 0.333. The Morgan fingerprint density at radius 2 is 2.00 bits per heavy atom. The molecule has 0 amide bonds. The Balaban J connectivity index is 2.66. The third-order valence-electron chi connectivity index (χ3n) is 1.75. The Bertz CT molecular complexity index is 458. The third-order valence-corrected chi connectivity index (χ3v) is 2.66. The van der Waals surface area contributed by atoms with E-state index < -0.39 is 18.8 Å². The van der Waals surface area contributed by atoms with Crippen LogP contribution in [0.2, 0.25) is 0 Å². The number of phosphoric ester groups is 1. The van der Waals surface area contributed by atoms with E-state index in [0.717, 1.165) is 12.1 Å². The van der Waals surface area contributed by atoms with Gasteiger partial charge in [-0.15, -0.1) is 0 Å². The van der Waals surface area contributed by atoms with Gasteiger partial charge in [-0.2, -0.15) is 0 Å². The predicted molar refractivity (Wildman–Crippen MR) is 61.2 cm³/mol. The van der Waals surface area contributed by atoms with Crippen molar-refractivity contribution in [2.24, 2.45) is 0 Å². The SMILES string of the molecule is CC(O)COP(=O)(O)Oc1ccc([N+](=O)[O-])cc1. The predicted octanol–water partition coefficient (Wildman–Crippen LogP) is 1.47. The second-order valence-electron chi connectivity index (χ2n) is 3.46. The lowest BCUT2D eigenvalue weighted by Gasteiger charge is -2.13. The lowest BCUT2D eigenvalue weighted by atomic mass is 10.3. The number of nitro benzene ring substituents is 1. The van der Waals surface area contributed by atoms with Gasteiger partial charge in [0, 0.05) is 12.1 Å². The number of hydrogen-bond acceptors (Lipinski definition) is 6. The number of non-ortho nitro benzene ring substituents is 1. The van der Waals surface area contributed by atoms with E-state index in [-0.39, 0.29) is 18.0 Å². The zero-order valence-corrected chi connectivity index (χ0v) is 10.3. The summed E-state index contributed by atoms with van der Waals surface area (Å²) in [6.45, 7) is 1.02. The first-order valence-corrected chi connectivity index (χ1v) is 6.39. The molecule has 0 saturated heterocycles. The van der Waals surface area contributed by atoms with Gasteiger partial charge in [-0.1, -0.05) is 0 Å². The van der Waals surface area contributed by atoms with Gasteiger partial charge in [0.1, 0.15) is 5.75 Å². The number of nitro groups is 1. The fourth-order valence-electron chi connectivity index (χ4n) is 0.990. The number of phosphoric acid groups is 1. The molecule has 8 nitrogen and oxygen atoms in total. The van der Waals surface area contributed by atoms with Crippen molar-refractivity contribution in [3.05, 3.63) is 34.4 Å². The Kier molecular flexibility index (Phi) is 4.80. The van der Waals surface area contributed by atoms with Crippen LogP contribution in [-0.4, -0.2) is 27.6 Å². The second kappa shape index (κ2) is 5.92. The molecule has 0 bridgehead atoms. The van der Waals surface area contributed by atoms with Crippen LogP contribution in [0.25, 0.3) is 0 Å². The van der Waals surface area contributed by atoms with Gasteiger partial charge in [-0.05, 0) is 19.1 Å². The maximum absolute atomic E-state index is 11.4. The van der Waals surface area contributed by atoms with Crippen molar-refractivity contribution in [1.82, 2.24) is 0 Å². The number of aliphatic hydroxyl groups is 1. The molecule has 0 radical (unpaired) electrons. The van der Waals surface area contributed by atoms with E-state index in [9.17, 15) is 19.6 Å². The molecule has 100 valence electrons. The topological polar surface area (TPSA) is 119 Å². The van der Waals surface area contributed by atoms with Crippen LogP contribution < -0.4 is 4.52 Å². The maximum atomic E-state index is 11.4. The molecule has 0 fully saturated rings. The van der Waals surface area contributed by atoms with Gasteiger partial charge in [0.2, 0.25) is 0 Å². The standard InChI is InChI=1S/C9H12NO7P/c1-7(11)6-16-18(14,15)17-9-4-2-8(3-5-9)10(12)13/h2-5,7,11H,6H2,1H3,(H,14,15). The van der Waals surface area contributed by atoms with Gasteiger partial charge >= 0.3 is 7.82 Å². The quantitative estimate of drug-likeness (QED) is 0.459. The van der Waals surface area contributed by atoms with E-state index in [2.05, 4.69) is 9.05 Å². The Labute approximate surface area is 103 Å². The van der Waals surface area contributed by atoms with Crippen molar-refractivity contribution >= 4 is 13.5 Å². The zero-order valence-electron chi connectivity index (χ0n) is 9.42. The molecule has 0 spiro atoms. The molecule has 2 atom stereocenters. The van der Waals surface area contributed by atoms with Crippen molar-refractivity contribution in [3.8, 4) is 5.75 Å². The molecule has 0 saturated carbocycles. The highest BCUT2D eigenvalue weighted by atomic mass is 31.2. The molecule has 2 N–H and O–H groups in total. The molecular weight excluding hydrogens is 265 g/mol. The van der Waals surface area contributed by atoms with E-state index in [4.69, 9.17) is 5.11 Å². The van der Waals surface area contributed by atoms with Crippen LogP contribution >= 0.6 is 7.82 Å². The summed E-state index contributed by atoms with van der Waals surface area (Å²) in [5.41, 5.74) is -0.167. The number of hydrogen-bond donors (Lipinski definition) is 2. The van der Waals surface area contributed by atoms with E-state index >= 15 is 0 Å². The first-order valence-electron chi connectivity index (χ1n) is 4.89. The van der Waals surface area contributed by atoms with Crippen LogP contribution in [0.1, 0.15) is 6.92 Å². The van der Waals surface area contributed by atoms with Crippen molar-refractivity contribution in [2.45, 2.75) is 13.0 Å². The van der Waals surface area contributed by atoms with E-state index in [1.54, 1.807) is 0 Å². The zero-order chi connectivity index (χ0) is 13.8. The minimum atomic E-state index is -4.34. The van der Waals surface area contributed by atoms with E-state index in [0.29, 0.717) is 0 Å². The summed E-state index contributed by atoms with van der Waals surface area (Å²) in [5.74, 6) is -0.0444. The minimum Gasteiger partial charge on any atom is -0.404 e. The summed E-state index contributed by atoms with van der Waals surface area (Å²) < 4.78 is 20.5. The summed E-state index contributed by atoms with van der Waals surface area (Å²) in [6.07, 6.45) is -0.911. The number of aliphatic hydroxyl groups excluding tert-OH is 1. The first-order chi connectivity index (χ1) is 8.30. The largest absolute Gasteiger partial charge is 0.527 e. The van der Waals surface area contributed by atoms with Crippen molar-refractivity contribution < 1.29 is 28.5 Å². The summed E-state index contributed by atoms with van der Waals surface area (Å²) in [6, 6.07) is 4.60. The van der Waals surface area contributed by atoms with Crippen molar-refractivity contribution in [1.29, 1.82) is 0 Å². The van der Waals surface area contributed by atoms with Crippen LogP contribution in [0.5, 0.6) is 5.75 Å². The monoisotopic (exact) mass is 277 g/mol. The lowest BCUT2D eigenvalue weighted by molar-refractivity contribution is -0.384. The Morgan fingerprint density at radius 1 is 1.44 bits per heavy atom. The lowest BCUT2D eigenvalue weighted by Crippen LogP contribution is -2.10. The van der Waals surface area contributed by atoms with Gasteiger partial charge < -0.3 is 9.63 Å². The fourth-order valence-corrected chi connectivity index (χ4v) is 1.84. The summed E-state index contributed by atoms with van der Waals surface area (Å²) in [7, 11) is -4.34. The molecule has 2 unspecified atom stereocenters. The second-order valence-corrected chi connectivity index (χ2v) is 4.83. The van der Waals surface area contributed by atoms with Crippen molar-refractivity contribution in [2.75, 3.05) is 6.61 Å². The molecule has 18 heavy (non-hydrogen) atoms. The van der Waals surface area contributed by atoms with Crippen LogP contribution in [0.3, 0.4) is 0 Å². The minimum absolute atomic E-state index is 0.0444. The molecule has 0 aromatic heterocycles. The molecule has 0 aliphatic carbocycles. The molecule has 0 heterocycles. The Hall–Kier alpha value is -1.47. The molecule has 1 rings (SSSR count). The van der Waals surface area contributed by atoms with Gasteiger partial charge in [0.15, 0.2) is 0 Å². The van der Waals surface area contributed by atoms with Crippen LogP contribution in [-0.2, 0) is 9.09 Å². The maximum Gasteiger partial charge on any atom is 0.527 e. The van der Waals surface area contributed by atoms with E-state index in [1.807, 2.05) is 0 Å². The number of rotatable bonds is 6. The molecule has 0 aliphatic rings. The highest BCUT2D eigenvalue weighted by molar-refractivity contribution is 7.47. The third kappa shape index (κ3) is 4.80. The van der Waals surface area contributed by atoms with Gasteiger partial charge in [0.05, 0.1) is 17.6 Å². The molecule has 1 aromatic carbocycles. The van der Waals surface area contributed by atoms with Gasteiger partial charge in [-0.3, -0.25) is 19.5 Å². The van der Waals surface area contributed by atoms with Crippen LogP contribution in [0.15, 0.2) is 24.3 Å². The summed E-state index contributed by atoms with van der Waals surface area (Å²) >= 11 is 0. The molecule has 0 aliphatic heterocycles. The molecule has 1 aromatic rings. The smallest absolute Gasteiger partial charge is 0.404 e. The van der Waals surface area contributed by atoms with E-state index in [1.165, 1.54) is 19.1 Å². The summed E-state index contributed by atoms with van der Waals surface area (Å²) in [5, 5.41) is 19.3. The Morgan fingerprint density at radius 3 is 2.44 bits per heavy atom. The highest BCUT2D eigenvalue weighted by Crippen LogP contribution is 2.43. The normalized spacial score (nSPS) is 15.7. The number of benzene rings is 1. The first kappa shape index (κ1) is 14.6. The van der Waals surface area contributed by atoms with Crippen LogP contribution in [0.4, 0.5) is 5.69 Å². The average molecular weight is 277 g/mol. The van der Waals surface area contributed by atoms with Gasteiger partial charge in [0.25, 0.3) is 5.69 Å². The van der Waals surface area contributed by atoms with Crippen molar-refractivity contribution in [3.63, 3.8) is 0 Å². The molecular formula is C9H12NO7P. The van der Waals surface area contributed by atoms with Gasteiger partial charge in [-0.25, -0.2) is 4.57 Å².